The molecule has 4 heterocycles. The Labute approximate surface area is 163 Å². The first kappa shape index (κ1) is 18.9. The van der Waals surface area contributed by atoms with E-state index in [1.54, 1.807) is 0 Å². The SMILES string of the molecule is CC[C@@H]1[C@@H](C(=O)N2CCn3c(C)nc(C4CCN(C)CC4)c3C2)CCN1C. The van der Waals surface area contributed by atoms with Gasteiger partial charge in [-0.05, 0) is 66.3 Å². The summed E-state index contributed by atoms with van der Waals surface area (Å²) >= 11 is 0. The first-order chi connectivity index (χ1) is 13.0. The Kier molecular flexibility index (Phi) is 5.30. The van der Waals surface area contributed by atoms with Gasteiger partial charge in [0.25, 0.3) is 0 Å². The van der Waals surface area contributed by atoms with Crippen molar-refractivity contribution >= 4 is 5.91 Å². The van der Waals surface area contributed by atoms with E-state index in [4.69, 9.17) is 4.98 Å². The van der Waals surface area contributed by atoms with Gasteiger partial charge in [-0.1, -0.05) is 6.92 Å². The molecule has 0 aromatic carbocycles. The number of imidazole rings is 1. The number of piperidine rings is 1. The fraction of sp³-hybridized carbons (Fsp3) is 0.810. The molecule has 150 valence electrons. The smallest absolute Gasteiger partial charge is 0.227 e. The molecule has 0 aliphatic carbocycles. The summed E-state index contributed by atoms with van der Waals surface area (Å²) in [6.45, 7) is 10.1. The molecule has 1 aromatic heterocycles. The number of hydrogen-bond acceptors (Lipinski definition) is 4. The second-order valence-electron chi connectivity index (χ2n) is 8.83. The summed E-state index contributed by atoms with van der Waals surface area (Å²) in [6.07, 6.45) is 4.42. The molecule has 0 unspecified atom stereocenters. The van der Waals surface area contributed by atoms with Crippen molar-refractivity contribution in [2.75, 3.05) is 40.3 Å². The average molecular weight is 374 g/mol. The minimum atomic E-state index is 0.169. The summed E-state index contributed by atoms with van der Waals surface area (Å²) in [5.41, 5.74) is 2.58. The predicted molar refractivity (Wildman–Crippen MR) is 107 cm³/mol. The number of rotatable bonds is 3. The van der Waals surface area contributed by atoms with Gasteiger partial charge in [-0.2, -0.15) is 0 Å². The zero-order valence-corrected chi connectivity index (χ0v) is 17.4. The summed E-state index contributed by atoms with van der Waals surface area (Å²) in [6, 6.07) is 0.402. The van der Waals surface area contributed by atoms with Gasteiger partial charge in [-0.15, -0.1) is 0 Å². The Hall–Kier alpha value is -1.40. The van der Waals surface area contributed by atoms with E-state index < -0.39 is 0 Å². The lowest BCUT2D eigenvalue weighted by Gasteiger charge is -2.34. The van der Waals surface area contributed by atoms with Crippen LogP contribution in [0.15, 0.2) is 0 Å². The number of likely N-dealkylation sites (tertiary alicyclic amines) is 2. The Morgan fingerprint density at radius 2 is 1.81 bits per heavy atom. The van der Waals surface area contributed by atoms with E-state index in [2.05, 4.69) is 47.2 Å². The molecule has 6 nitrogen and oxygen atoms in total. The summed E-state index contributed by atoms with van der Waals surface area (Å²) in [5.74, 6) is 2.21. The summed E-state index contributed by atoms with van der Waals surface area (Å²) in [4.78, 5) is 25.2. The summed E-state index contributed by atoms with van der Waals surface area (Å²) in [5, 5.41) is 0. The van der Waals surface area contributed by atoms with E-state index in [-0.39, 0.29) is 5.92 Å². The average Bonchev–Trinajstić information content (AvgIpc) is 3.21. The van der Waals surface area contributed by atoms with Crippen LogP contribution in [0.2, 0.25) is 0 Å². The van der Waals surface area contributed by atoms with Crippen LogP contribution in [0, 0.1) is 12.8 Å². The molecule has 1 aromatic rings. The van der Waals surface area contributed by atoms with Crippen LogP contribution in [-0.4, -0.2) is 76.5 Å². The van der Waals surface area contributed by atoms with Gasteiger partial charge in [0.15, 0.2) is 0 Å². The Bertz CT molecular complexity index is 691. The molecule has 0 spiro atoms. The number of carbonyl (C=O) groups is 1. The van der Waals surface area contributed by atoms with Gasteiger partial charge >= 0.3 is 0 Å². The predicted octanol–water partition coefficient (Wildman–Crippen LogP) is 2.07. The zero-order valence-electron chi connectivity index (χ0n) is 17.4. The third-order valence-electron chi connectivity index (χ3n) is 7.20. The molecular formula is C21H35N5O. The van der Waals surface area contributed by atoms with E-state index in [1.807, 2.05) is 0 Å². The maximum atomic E-state index is 13.3. The van der Waals surface area contributed by atoms with Crippen LogP contribution < -0.4 is 0 Å². The minimum Gasteiger partial charge on any atom is -0.335 e. The van der Waals surface area contributed by atoms with Crippen LogP contribution in [-0.2, 0) is 17.9 Å². The highest BCUT2D eigenvalue weighted by molar-refractivity contribution is 5.80. The van der Waals surface area contributed by atoms with E-state index in [1.165, 1.54) is 24.2 Å². The summed E-state index contributed by atoms with van der Waals surface area (Å²) < 4.78 is 2.37. The topological polar surface area (TPSA) is 44.6 Å². The van der Waals surface area contributed by atoms with Crippen molar-refractivity contribution in [3.05, 3.63) is 17.2 Å². The number of amides is 1. The summed E-state index contributed by atoms with van der Waals surface area (Å²) in [7, 11) is 4.36. The van der Waals surface area contributed by atoms with Gasteiger partial charge in [0.05, 0.1) is 23.9 Å². The van der Waals surface area contributed by atoms with Crippen molar-refractivity contribution in [1.82, 2.24) is 24.3 Å². The highest BCUT2D eigenvalue weighted by atomic mass is 16.2. The van der Waals surface area contributed by atoms with Gasteiger partial charge in [-0.3, -0.25) is 4.79 Å². The molecular weight excluding hydrogens is 338 g/mol. The van der Waals surface area contributed by atoms with E-state index in [0.29, 0.717) is 17.9 Å². The molecule has 2 fully saturated rings. The number of carbonyl (C=O) groups excluding carboxylic acids is 1. The number of aromatic nitrogens is 2. The molecule has 2 saturated heterocycles. The maximum Gasteiger partial charge on any atom is 0.227 e. The molecule has 0 saturated carbocycles. The number of fused-ring (bicyclic) bond motifs is 1. The van der Waals surface area contributed by atoms with E-state index >= 15 is 0 Å². The van der Waals surface area contributed by atoms with E-state index in [0.717, 1.165) is 57.9 Å². The Morgan fingerprint density at radius 1 is 1.07 bits per heavy atom. The fourth-order valence-corrected chi connectivity index (χ4v) is 5.50. The van der Waals surface area contributed by atoms with Crippen LogP contribution >= 0.6 is 0 Å². The van der Waals surface area contributed by atoms with Gasteiger partial charge in [-0.25, -0.2) is 4.98 Å². The standard InChI is InChI=1S/C21H35N5O/c1-5-18-17(8-11-24(18)4)21(27)25-12-13-26-15(2)22-20(19(26)14-25)16-6-9-23(3)10-7-16/h16-18H,5-14H2,1-4H3/t17-,18+/m0/s1. The highest BCUT2D eigenvalue weighted by Crippen LogP contribution is 2.33. The zero-order chi connectivity index (χ0) is 19.1. The van der Waals surface area contributed by atoms with Crippen molar-refractivity contribution in [3.8, 4) is 0 Å². The normalized spacial score (nSPS) is 27.9. The molecule has 27 heavy (non-hydrogen) atoms. The Balaban J connectivity index is 1.53. The van der Waals surface area contributed by atoms with Crippen LogP contribution in [0.1, 0.15) is 55.7 Å². The molecule has 1 amide bonds. The highest BCUT2D eigenvalue weighted by Gasteiger charge is 2.39. The van der Waals surface area contributed by atoms with Crippen molar-refractivity contribution in [2.45, 2.75) is 64.6 Å². The van der Waals surface area contributed by atoms with Crippen molar-refractivity contribution in [2.24, 2.45) is 5.92 Å². The molecule has 3 aliphatic rings. The van der Waals surface area contributed by atoms with Crippen molar-refractivity contribution < 1.29 is 4.79 Å². The molecule has 3 aliphatic heterocycles. The van der Waals surface area contributed by atoms with Crippen LogP contribution in [0.25, 0.3) is 0 Å². The van der Waals surface area contributed by atoms with Crippen molar-refractivity contribution in [3.63, 3.8) is 0 Å². The second kappa shape index (κ2) is 7.55. The van der Waals surface area contributed by atoms with Crippen LogP contribution in [0.5, 0.6) is 0 Å². The number of hydrogen-bond donors (Lipinski definition) is 0. The molecule has 0 bridgehead atoms. The van der Waals surface area contributed by atoms with Gasteiger partial charge in [0, 0.05) is 25.0 Å². The molecule has 0 N–H and O–H groups in total. The van der Waals surface area contributed by atoms with Crippen molar-refractivity contribution in [1.29, 1.82) is 0 Å². The number of nitrogens with zero attached hydrogens (tertiary/aromatic N) is 5. The quantitative estimate of drug-likeness (QED) is 0.814. The van der Waals surface area contributed by atoms with Gasteiger partial charge in [0.1, 0.15) is 5.82 Å². The maximum absolute atomic E-state index is 13.3. The largest absolute Gasteiger partial charge is 0.335 e. The monoisotopic (exact) mass is 373 g/mol. The van der Waals surface area contributed by atoms with Crippen LogP contribution in [0.3, 0.4) is 0 Å². The molecule has 0 radical (unpaired) electrons. The lowest BCUT2D eigenvalue weighted by atomic mass is 9.91. The Morgan fingerprint density at radius 3 is 2.52 bits per heavy atom. The minimum absolute atomic E-state index is 0.169. The van der Waals surface area contributed by atoms with Gasteiger partial charge in [0.2, 0.25) is 5.91 Å². The lowest BCUT2D eigenvalue weighted by Crippen LogP contribution is -2.45. The van der Waals surface area contributed by atoms with Crippen LogP contribution in [0.4, 0.5) is 0 Å². The third-order valence-corrected chi connectivity index (χ3v) is 7.20. The molecule has 4 rings (SSSR count). The fourth-order valence-electron chi connectivity index (χ4n) is 5.50. The first-order valence-corrected chi connectivity index (χ1v) is 10.7. The van der Waals surface area contributed by atoms with Gasteiger partial charge < -0.3 is 19.3 Å². The molecule has 2 atom stereocenters. The van der Waals surface area contributed by atoms with E-state index in [9.17, 15) is 4.79 Å². The molecule has 6 heteroatoms. The third kappa shape index (κ3) is 3.42. The second-order valence-corrected chi connectivity index (χ2v) is 8.83. The lowest BCUT2D eigenvalue weighted by molar-refractivity contribution is -0.137. The first-order valence-electron chi connectivity index (χ1n) is 10.7. The number of aryl methyl sites for hydroxylation is 1.